The number of carbonyl (C=O) groups is 1. The van der Waals surface area contributed by atoms with Crippen molar-refractivity contribution in [3.8, 4) is 0 Å². The summed E-state index contributed by atoms with van der Waals surface area (Å²) in [4.78, 5) is 42.0. The van der Waals surface area contributed by atoms with Crippen LogP contribution in [0.3, 0.4) is 0 Å². The molecule has 3 rings (SSSR count). The number of benzene rings is 1. The number of rotatable bonds is 7. The molecule has 0 saturated heterocycles. The molecular formula is C20H24N4O3S. The number of carbonyl (C=O) groups excluding carboxylic acids is 1. The molecule has 0 saturated carbocycles. The van der Waals surface area contributed by atoms with Crippen LogP contribution in [0.4, 0.5) is 0 Å². The number of ketones is 1. The predicted molar refractivity (Wildman–Crippen MR) is 111 cm³/mol. The molecular weight excluding hydrogens is 376 g/mol. The van der Waals surface area contributed by atoms with E-state index in [1.807, 2.05) is 22.8 Å². The van der Waals surface area contributed by atoms with Gasteiger partial charge < -0.3 is 4.57 Å². The first-order valence-corrected chi connectivity index (χ1v) is 10.2. The summed E-state index contributed by atoms with van der Waals surface area (Å²) >= 11 is 1.30. The number of nitrogens with zero attached hydrogens (tertiary/aromatic N) is 4. The average molecular weight is 401 g/mol. The fourth-order valence-corrected chi connectivity index (χ4v) is 3.89. The van der Waals surface area contributed by atoms with Crippen molar-refractivity contribution in [2.75, 3.05) is 5.75 Å². The Morgan fingerprint density at radius 2 is 1.79 bits per heavy atom. The van der Waals surface area contributed by atoms with Crippen LogP contribution in [0.15, 0.2) is 45.1 Å². The molecule has 148 valence electrons. The third-order valence-corrected chi connectivity index (χ3v) is 5.65. The molecule has 0 amide bonds. The summed E-state index contributed by atoms with van der Waals surface area (Å²) in [5.41, 5.74) is 0.619. The van der Waals surface area contributed by atoms with E-state index in [2.05, 4.69) is 18.8 Å². The zero-order chi connectivity index (χ0) is 20.4. The van der Waals surface area contributed by atoms with E-state index in [4.69, 9.17) is 0 Å². The zero-order valence-electron chi connectivity index (χ0n) is 16.5. The van der Waals surface area contributed by atoms with Crippen molar-refractivity contribution in [1.82, 2.24) is 18.7 Å². The van der Waals surface area contributed by atoms with E-state index in [0.717, 1.165) is 11.0 Å². The van der Waals surface area contributed by atoms with Gasteiger partial charge in [0.2, 0.25) is 0 Å². The molecule has 0 fully saturated rings. The lowest BCUT2D eigenvalue weighted by atomic mass is 10.1. The molecule has 0 radical (unpaired) electrons. The first-order chi connectivity index (χ1) is 13.3. The summed E-state index contributed by atoms with van der Waals surface area (Å²) in [6, 6.07) is 9.09. The molecule has 1 aromatic carbocycles. The van der Waals surface area contributed by atoms with Crippen LogP contribution >= 0.6 is 11.8 Å². The second kappa shape index (κ2) is 8.18. The number of Topliss-reactive ketones (excluding diaryl/α,β-unsaturated/α-hetero) is 1. The summed E-state index contributed by atoms with van der Waals surface area (Å²) in [6.07, 6.45) is 0.859. The molecule has 0 aliphatic rings. The highest BCUT2D eigenvalue weighted by Crippen LogP contribution is 2.23. The Morgan fingerprint density at radius 1 is 1.11 bits per heavy atom. The van der Waals surface area contributed by atoms with E-state index in [1.165, 1.54) is 23.4 Å². The monoisotopic (exact) mass is 400 g/mol. The predicted octanol–water partition coefficient (Wildman–Crippen LogP) is 2.45. The van der Waals surface area contributed by atoms with Gasteiger partial charge in [0.25, 0.3) is 5.56 Å². The van der Waals surface area contributed by atoms with E-state index in [1.54, 1.807) is 19.2 Å². The molecule has 7 nitrogen and oxygen atoms in total. The lowest BCUT2D eigenvalue weighted by Crippen LogP contribution is -2.37. The number of aromatic nitrogens is 4. The van der Waals surface area contributed by atoms with E-state index in [0.29, 0.717) is 34.3 Å². The third kappa shape index (κ3) is 3.82. The highest BCUT2D eigenvalue weighted by molar-refractivity contribution is 7.99. The van der Waals surface area contributed by atoms with Crippen LogP contribution in [0, 0.1) is 5.92 Å². The van der Waals surface area contributed by atoms with E-state index in [-0.39, 0.29) is 17.1 Å². The number of hydrogen-bond donors (Lipinski definition) is 0. The van der Waals surface area contributed by atoms with Crippen molar-refractivity contribution < 1.29 is 4.79 Å². The van der Waals surface area contributed by atoms with Crippen molar-refractivity contribution in [3.63, 3.8) is 0 Å². The Labute approximate surface area is 167 Å². The van der Waals surface area contributed by atoms with Gasteiger partial charge >= 0.3 is 5.69 Å². The highest BCUT2D eigenvalue weighted by Gasteiger charge is 2.20. The fourth-order valence-electron chi connectivity index (χ4n) is 2.97. The number of aryl methyl sites for hydroxylation is 2. The average Bonchev–Trinajstić information content (AvgIpc) is 3.06. The molecule has 0 aliphatic heterocycles. The van der Waals surface area contributed by atoms with Crippen LogP contribution in [0.1, 0.15) is 30.6 Å². The van der Waals surface area contributed by atoms with Crippen LogP contribution < -0.4 is 11.2 Å². The zero-order valence-corrected chi connectivity index (χ0v) is 17.3. The molecule has 0 aliphatic carbocycles. The molecule has 28 heavy (non-hydrogen) atoms. The Bertz CT molecular complexity index is 1130. The van der Waals surface area contributed by atoms with Crippen molar-refractivity contribution in [2.24, 2.45) is 20.0 Å². The minimum Gasteiger partial charge on any atom is -0.313 e. The van der Waals surface area contributed by atoms with Crippen LogP contribution in [0.5, 0.6) is 0 Å². The van der Waals surface area contributed by atoms with Crippen LogP contribution in [0.25, 0.3) is 11.2 Å². The van der Waals surface area contributed by atoms with E-state index < -0.39 is 5.69 Å². The van der Waals surface area contributed by atoms with Crippen molar-refractivity contribution in [3.05, 3.63) is 56.7 Å². The molecule has 0 bridgehead atoms. The van der Waals surface area contributed by atoms with Gasteiger partial charge in [0.15, 0.2) is 22.1 Å². The van der Waals surface area contributed by atoms with Crippen LogP contribution in [-0.4, -0.2) is 30.2 Å². The summed E-state index contributed by atoms with van der Waals surface area (Å²) in [5, 5.41) is 0.582. The minimum absolute atomic E-state index is 0.00476. The summed E-state index contributed by atoms with van der Waals surface area (Å²) in [5.74, 6) is 0.649. The van der Waals surface area contributed by atoms with Crippen molar-refractivity contribution in [2.45, 2.75) is 32.0 Å². The van der Waals surface area contributed by atoms with Gasteiger partial charge in [0.1, 0.15) is 0 Å². The van der Waals surface area contributed by atoms with Gasteiger partial charge in [-0.1, -0.05) is 55.9 Å². The van der Waals surface area contributed by atoms with Gasteiger partial charge in [-0.05, 0) is 12.3 Å². The highest BCUT2D eigenvalue weighted by atomic mass is 32.2. The first kappa shape index (κ1) is 20.1. The number of imidazole rings is 1. The minimum atomic E-state index is -0.414. The molecule has 0 spiro atoms. The second-order valence-corrected chi connectivity index (χ2v) is 8.13. The van der Waals surface area contributed by atoms with Gasteiger partial charge in [0, 0.05) is 26.2 Å². The molecule has 2 heterocycles. The maximum absolute atomic E-state index is 12.8. The summed E-state index contributed by atoms with van der Waals surface area (Å²) < 4.78 is 4.32. The standard InChI is InChI=1S/C20H24N4O3S/c1-13(2)10-11-24-16-17(22(3)20(27)23(4)18(16)26)21-19(24)28-12-15(25)14-8-6-5-7-9-14/h5-9,13H,10-12H2,1-4H3. The molecule has 0 N–H and O–H groups in total. The van der Waals surface area contributed by atoms with Crippen molar-refractivity contribution in [1.29, 1.82) is 0 Å². The first-order valence-electron chi connectivity index (χ1n) is 9.18. The number of fused-ring (bicyclic) bond motifs is 1. The third-order valence-electron chi connectivity index (χ3n) is 4.67. The summed E-state index contributed by atoms with van der Waals surface area (Å²) in [6.45, 7) is 4.82. The Kier molecular flexibility index (Phi) is 5.88. The topological polar surface area (TPSA) is 78.9 Å². The van der Waals surface area contributed by atoms with Crippen LogP contribution in [-0.2, 0) is 20.6 Å². The molecule has 0 unspecified atom stereocenters. The molecule has 3 aromatic rings. The van der Waals surface area contributed by atoms with Gasteiger partial charge in [0.05, 0.1) is 5.75 Å². The van der Waals surface area contributed by atoms with Gasteiger partial charge in [-0.3, -0.25) is 18.7 Å². The number of hydrogen-bond acceptors (Lipinski definition) is 5. The molecule has 8 heteroatoms. The largest absolute Gasteiger partial charge is 0.332 e. The van der Waals surface area contributed by atoms with E-state index in [9.17, 15) is 14.4 Å². The van der Waals surface area contributed by atoms with Crippen molar-refractivity contribution >= 4 is 28.7 Å². The lowest BCUT2D eigenvalue weighted by molar-refractivity contribution is 0.102. The molecule has 0 atom stereocenters. The van der Waals surface area contributed by atoms with Gasteiger partial charge in [-0.25, -0.2) is 9.78 Å². The lowest BCUT2D eigenvalue weighted by Gasteiger charge is -2.11. The van der Waals surface area contributed by atoms with Gasteiger partial charge in [-0.15, -0.1) is 0 Å². The SMILES string of the molecule is CC(C)CCn1c(SCC(=O)c2ccccc2)nc2c1c(=O)n(C)c(=O)n2C. The normalized spacial score (nSPS) is 11.5. The summed E-state index contributed by atoms with van der Waals surface area (Å²) in [7, 11) is 3.07. The maximum Gasteiger partial charge on any atom is 0.332 e. The quantitative estimate of drug-likeness (QED) is 0.450. The van der Waals surface area contributed by atoms with Crippen LogP contribution in [0.2, 0.25) is 0 Å². The van der Waals surface area contributed by atoms with E-state index >= 15 is 0 Å². The second-order valence-electron chi connectivity index (χ2n) is 7.18. The fraction of sp³-hybridized carbons (Fsp3) is 0.400. The smallest absolute Gasteiger partial charge is 0.313 e. The Morgan fingerprint density at radius 3 is 2.43 bits per heavy atom. The maximum atomic E-state index is 12.8. The van der Waals surface area contributed by atoms with Gasteiger partial charge in [-0.2, -0.15) is 0 Å². The Balaban J connectivity index is 2.03. The molecule has 2 aromatic heterocycles. The Hall–Kier alpha value is -2.61. The number of thioether (sulfide) groups is 1.